The molecule has 0 spiro atoms. The van der Waals surface area contributed by atoms with E-state index in [1.165, 1.54) is 35.1 Å². The van der Waals surface area contributed by atoms with Gasteiger partial charge in [-0.05, 0) is 47.4 Å². The van der Waals surface area contributed by atoms with E-state index >= 15 is 0 Å². The van der Waals surface area contributed by atoms with Gasteiger partial charge in [-0.3, -0.25) is 0 Å². The molecule has 2 aromatic carbocycles. The third kappa shape index (κ3) is 2.50. The number of aliphatic hydroxyl groups is 1. The maximum Gasteiger partial charge on any atom is 0.0693 e. The molecule has 1 saturated carbocycles. The van der Waals surface area contributed by atoms with E-state index in [0.29, 0.717) is 12.5 Å². The summed E-state index contributed by atoms with van der Waals surface area (Å²) in [5.41, 5.74) is 5.52. The van der Waals surface area contributed by atoms with Crippen LogP contribution in [0.25, 0.3) is 0 Å². The van der Waals surface area contributed by atoms with E-state index in [2.05, 4.69) is 53.8 Å². The van der Waals surface area contributed by atoms with E-state index in [1.807, 2.05) is 0 Å². The average molecular weight is 279 g/mol. The standard InChI is InChI=1S/C19H21NO/c21-18(13-9-10-13)12-20-19-16-7-3-1-5-14(16)11-15-6-2-4-8-17(15)19/h1-8,13,18-21H,9-12H2. The molecule has 2 aromatic rings. The minimum absolute atomic E-state index is 0.203. The zero-order valence-corrected chi connectivity index (χ0v) is 12.1. The van der Waals surface area contributed by atoms with E-state index in [1.54, 1.807) is 0 Å². The van der Waals surface area contributed by atoms with Crippen LogP contribution in [0, 0.1) is 5.92 Å². The summed E-state index contributed by atoms with van der Waals surface area (Å²) in [6, 6.07) is 17.5. The van der Waals surface area contributed by atoms with Gasteiger partial charge in [-0.15, -0.1) is 0 Å². The Morgan fingerprint density at radius 2 is 1.52 bits per heavy atom. The topological polar surface area (TPSA) is 32.3 Å². The van der Waals surface area contributed by atoms with Gasteiger partial charge in [-0.25, -0.2) is 0 Å². The van der Waals surface area contributed by atoms with Gasteiger partial charge in [0.25, 0.3) is 0 Å². The minimum atomic E-state index is -0.203. The Hall–Kier alpha value is -1.64. The molecule has 1 fully saturated rings. The molecule has 0 bridgehead atoms. The molecule has 2 aliphatic rings. The van der Waals surface area contributed by atoms with Crippen molar-refractivity contribution in [1.29, 1.82) is 0 Å². The first-order valence-electron chi connectivity index (χ1n) is 7.90. The van der Waals surface area contributed by atoms with Gasteiger partial charge in [0, 0.05) is 6.54 Å². The van der Waals surface area contributed by atoms with Crippen LogP contribution in [0.5, 0.6) is 0 Å². The van der Waals surface area contributed by atoms with Crippen molar-refractivity contribution in [2.24, 2.45) is 5.92 Å². The molecule has 0 amide bonds. The largest absolute Gasteiger partial charge is 0.392 e. The van der Waals surface area contributed by atoms with Crippen molar-refractivity contribution in [3.8, 4) is 0 Å². The zero-order valence-electron chi connectivity index (χ0n) is 12.1. The Bertz CT molecular complexity index is 602. The Labute approximate surface area is 125 Å². The highest BCUT2D eigenvalue weighted by molar-refractivity contribution is 5.48. The number of rotatable bonds is 4. The maximum atomic E-state index is 10.2. The lowest BCUT2D eigenvalue weighted by molar-refractivity contribution is 0.146. The number of hydrogen-bond donors (Lipinski definition) is 2. The summed E-state index contributed by atoms with van der Waals surface area (Å²) in [5.74, 6) is 0.520. The van der Waals surface area contributed by atoms with Crippen molar-refractivity contribution in [3.63, 3.8) is 0 Å². The summed E-state index contributed by atoms with van der Waals surface area (Å²) in [4.78, 5) is 0. The Kier molecular flexibility index (Phi) is 3.28. The lowest BCUT2D eigenvalue weighted by Gasteiger charge is -2.30. The van der Waals surface area contributed by atoms with Gasteiger partial charge >= 0.3 is 0 Å². The summed E-state index contributed by atoms with van der Waals surface area (Å²) in [6.07, 6.45) is 3.17. The van der Waals surface area contributed by atoms with Crippen LogP contribution in [0.1, 0.15) is 41.1 Å². The third-order valence-electron chi connectivity index (χ3n) is 4.81. The Morgan fingerprint density at radius 3 is 2.10 bits per heavy atom. The summed E-state index contributed by atoms with van der Waals surface area (Å²) in [6.45, 7) is 0.679. The normalized spacial score (nSPS) is 18.9. The molecule has 2 heteroatoms. The van der Waals surface area contributed by atoms with Gasteiger partial charge in [-0.1, -0.05) is 48.5 Å². The van der Waals surface area contributed by atoms with Crippen LogP contribution >= 0.6 is 0 Å². The van der Waals surface area contributed by atoms with Gasteiger partial charge < -0.3 is 10.4 Å². The molecule has 1 unspecified atom stereocenters. The summed E-state index contributed by atoms with van der Waals surface area (Å²) in [5, 5.41) is 13.8. The van der Waals surface area contributed by atoms with Gasteiger partial charge in [0.15, 0.2) is 0 Å². The van der Waals surface area contributed by atoms with Crippen molar-refractivity contribution >= 4 is 0 Å². The second kappa shape index (κ2) is 5.28. The highest BCUT2D eigenvalue weighted by atomic mass is 16.3. The smallest absolute Gasteiger partial charge is 0.0693 e. The third-order valence-corrected chi connectivity index (χ3v) is 4.81. The Morgan fingerprint density at radius 1 is 0.952 bits per heavy atom. The van der Waals surface area contributed by atoms with Crippen molar-refractivity contribution in [1.82, 2.24) is 5.32 Å². The minimum Gasteiger partial charge on any atom is -0.392 e. The zero-order chi connectivity index (χ0) is 14.2. The molecule has 0 saturated heterocycles. The molecule has 0 aromatic heterocycles. The van der Waals surface area contributed by atoms with Gasteiger partial charge in [-0.2, -0.15) is 0 Å². The highest BCUT2D eigenvalue weighted by Crippen LogP contribution is 2.36. The van der Waals surface area contributed by atoms with Crippen LogP contribution in [0.15, 0.2) is 48.5 Å². The average Bonchev–Trinajstić information content (AvgIpc) is 3.36. The first-order chi connectivity index (χ1) is 10.3. The highest BCUT2D eigenvalue weighted by Gasteiger charge is 2.31. The van der Waals surface area contributed by atoms with Crippen LogP contribution in [0.3, 0.4) is 0 Å². The molecular weight excluding hydrogens is 258 g/mol. The molecule has 21 heavy (non-hydrogen) atoms. The molecule has 4 rings (SSSR count). The van der Waals surface area contributed by atoms with Gasteiger partial charge in [0.1, 0.15) is 0 Å². The molecule has 0 radical (unpaired) electrons. The summed E-state index contributed by atoms with van der Waals surface area (Å²) >= 11 is 0. The van der Waals surface area contributed by atoms with E-state index < -0.39 is 0 Å². The van der Waals surface area contributed by atoms with Crippen molar-refractivity contribution in [2.75, 3.05) is 6.54 Å². The van der Waals surface area contributed by atoms with Crippen LogP contribution < -0.4 is 5.32 Å². The van der Waals surface area contributed by atoms with Crippen LogP contribution in [-0.2, 0) is 6.42 Å². The monoisotopic (exact) mass is 279 g/mol. The van der Waals surface area contributed by atoms with E-state index in [9.17, 15) is 5.11 Å². The number of aliphatic hydroxyl groups excluding tert-OH is 1. The summed E-state index contributed by atoms with van der Waals surface area (Å²) in [7, 11) is 0. The van der Waals surface area contributed by atoms with Crippen molar-refractivity contribution in [3.05, 3.63) is 70.8 Å². The molecule has 2 nitrogen and oxygen atoms in total. The fraction of sp³-hybridized carbons (Fsp3) is 0.368. The molecule has 0 heterocycles. The van der Waals surface area contributed by atoms with Crippen LogP contribution in [0.2, 0.25) is 0 Å². The SMILES string of the molecule is OC(CNC1c2ccccc2Cc2ccccc21)C1CC1. The lowest BCUT2D eigenvalue weighted by atomic mass is 9.82. The quantitative estimate of drug-likeness (QED) is 0.901. The summed E-state index contributed by atoms with van der Waals surface area (Å²) < 4.78 is 0. The van der Waals surface area contributed by atoms with Crippen LogP contribution in [-0.4, -0.2) is 17.8 Å². The number of nitrogens with one attached hydrogen (secondary N) is 1. The molecular formula is C19H21NO. The molecule has 1 atom stereocenters. The van der Waals surface area contributed by atoms with Crippen molar-refractivity contribution < 1.29 is 5.11 Å². The molecule has 108 valence electrons. The lowest BCUT2D eigenvalue weighted by Crippen LogP contribution is -2.34. The number of benzene rings is 2. The van der Waals surface area contributed by atoms with E-state index in [-0.39, 0.29) is 12.1 Å². The molecule has 2 N–H and O–H groups in total. The predicted molar refractivity (Wildman–Crippen MR) is 84.3 cm³/mol. The van der Waals surface area contributed by atoms with E-state index in [0.717, 1.165) is 6.42 Å². The maximum absolute atomic E-state index is 10.2. The Balaban J connectivity index is 1.64. The van der Waals surface area contributed by atoms with Crippen molar-refractivity contribution in [2.45, 2.75) is 31.4 Å². The first kappa shape index (κ1) is 13.1. The second-order valence-corrected chi connectivity index (χ2v) is 6.32. The fourth-order valence-corrected chi connectivity index (χ4v) is 3.43. The second-order valence-electron chi connectivity index (χ2n) is 6.32. The number of hydrogen-bond acceptors (Lipinski definition) is 2. The van der Waals surface area contributed by atoms with E-state index in [4.69, 9.17) is 0 Å². The fourth-order valence-electron chi connectivity index (χ4n) is 3.43. The first-order valence-corrected chi connectivity index (χ1v) is 7.90. The molecule has 0 aliphatic heterocycles. The number of fused-ring (bicyclic) bond motifs is 2. The molecule has 2 aliphatic carbocycles. The van der Waals surface area contributed by atoms with Crippen LogP contribution in [0.4, 0.5) is 0 Å². The predicted octanol–water partition coefficient (Wildman–Crippen LogP) is 3.04. The van der Waals surface area contributed by atoms with Gasteiger partial charge in [0.2, 0.25) is 0 Å². The van der Waals surface area contributed by atoms with Gasteiger partial charge in [0.05, 0.1) is 12.1 Å².